The van der Waals surface area contributed by atoms with E-state index in [0.29, 0.717) is 0 Å². The van der Waals surface area contributed by atoms with Crippen molar-refractivity contribution in [2.45, 2.75) is 109 Å². The Hall–Kier alpha value is -3.14. The summed E-state index contributed by atoms with van der Waals surface area (Å²) in [5.41, 5.74) is 12.7. The topological polar surface area (TPSA) is 0 Å². The van der Waals surface area contributed by atoms with Crippen LogP contribution in [0.15, 0.2) is 206 Å². The summed E-state index contributed by atoms with van der Waals surface area (Å²) in [6.07, 6.45) is 23.9. The fourth-order valence-electron chi connectivity index (χ4n) is 10.1. The quantitative estimate of drug-likeness (QED) is 0.154. The van der Waals surface area contributed by atoms with Crippen molar-refractivity contribution < 1.29 is 41.9 Å². The molecule has 4 aliphatic carbocycles. The molecule has 344 valence electrons. The molecule has 0 heterocycles. The largest absolute Gasteiger partial charge is 0.147 e. The van der Waals surface area contributed by atoms with E-state index in [0.717, 1.165) is 25.7 Å². The first-order chi connectivity index (χ1) is 30.4. The van der Waals surface area contributed by atoms with Crippen LogP contribution in [-0.2, 0) is 41.9 Å². The molecular formula is C62H74Cl2Hf2. The molecule has 4 aromatic rings. The van der Waals surface area contributed by atoms with E-state index < -0.39 is 41.9 Å². The van der Waals surface area contributed by atoms with Gasteiger partial charge in [0.2, 0.25) is 0 Å². The molecule has 66 heavy (non-hydrogen) atoms. The van der Waals surface area contributed by atoms with Gasteiger partial charge in [0, 0.05) is 0 Å². The van der Waals surface area contributed by atoms with Crippen LogP contribution in [0.1, 0.15) is 131 Å². The first-order valence-corrected chi connectivity index (χ1v) is 34.5. The summed E-state index contributed by atoms with van der Waals surface area (Å²) in [6, 6.07) is 45.0. The maximum absolute atomic E-state index is 2.71. The number of allylic oxidation sites excluding steroid dienone is 16. The van der Waals surface area contributed by atoms with E-state index in [4.69, 9.17) is 0 Å². The van der Waals surface area contributed by atoms with Crippen molar-refractivity contribution in [3.05, 3.63) is 228 Å². The molecule has 4 aromatic carbocycles. The number of hydrogen-bond donors (Lipinski definition) is 0. The Balaban J connectivity index is 0.000000240. The van der Waals surface area contributed by atoms with Crippen molar-refractivity contribution in [1.29, 1.82) is 0 Å². The number of rotatable bonds is 8. The molecule has 4 heteroatoms. The van der Waals surface area contributed by atoms with Crippen LogP contribution in [0.3, 0.4) is 0 Å². The van der Waals surface area contributed by atoms with Gasteiger partial charge in [0.1, 0.15) is 0 Å². The van der Waals surface area contributed by atoms with Gasteiger partial charge in [-0.15, -0.1) is 24.8 Å². The molecule has 0 radical (unpaired) electrons. The first kappa shape index (κ1) is 53.8. The van der Waals surface area contributed by atoms with Crippen LogP contribution in [-0.4, -0.2) is 6.51 Å². The third-order valence-electron chi connectivity index (χ3n) is 12.9. The number of hydrogen-bond acceptors (Lipinski definition) is 0. The van der Waals surface area contributed by atoms with Gasteiger partial charge >= 0.3 is 407 Å². The fraction of sp³-hybridized carbons (Fsp3) is 0.323. The normalized spacial score (nSPS) is 15.8. The summed E-state index contributed by atoms with van der Waals surface area (Å²) in [5.74, 6) is 0. The van der Waals surface area contributed by atoms with E-state index in [1.165, 1.54) is 22.3 Å². The fourth-order valence-corrected chi connectivity index (χ4v) is 38.7. The maximum Gasteiger partial charge on any atom is -0.147 e. The average molecular weight is 1250 g/mol. The number of halogens is 2. The molecule has 0 fully saturated rings. The van der Waals surface area contributed by atoms with Gasteiger partial charge in [-0.05, 0) is 0 Å². The van der Waals surface area contributed by atoms with Gasteiger partial charge in [0.25, 0.3) is 0 Å². The molecule has 0 N–H and O–H groups in total. The van der Waals surface area contributed by atoms with E-state index >= 15 is 0 Å². The van der Waals surface area contributed by atoms with Crippen molar-refractivity contribution in [3.8, 4) is 0 Å². The van der Waals surface area contributed by atoms with Gasteiger partial charge in [0.05, 0.1) is 0 Å². The van der Waals surface area contributed by atoms with Gasteiger partial charge in [-0.3, -0.25) is 0 Å². The SMILES string of the molecule is CC(C)(C)C1=[C]([Hf]([C]2=C(C(C)(C)C)C=CC2)=[C](c2ccccc2)c2ccccc2)CC=C1.CC(C)(C)C1=[C]([Hf]([C]2=C(C(C)(C)C)C=CC2)=[C](c2ccccc2)c2ccccc2)CC=C1.Cl.Cl. The molecule has 0 unspecified atom stereocenters. The third-order valence-corrected chi connectivity index (χ3v) is 36.1. The zero-order chi connectivity index (χ0) is 45.9. The van der Waals surface area contributed by atoms with Crippen molar-refractivity contribution in [2.24, 2.45) is 21.7 Å². The van der Waals surface area contributed by atoms with E-state index in [-0.39, 0.29) is 46.5 Å². The van der Waals surface area contributed by atoms with Crippen molar-refractivity contribution >= 4 is 31.3 Å². The molecule has 0 spiro atoms. The maximum atomic E-state index is 2.44. The molecule has 4 aliphatic rings. The van der Waals surface area contributed by atoms with Gasteiger partial charge in [-0.25, -0.2) is 0 Å². The second-order valence-corrected chi connectivity index (χ2v) is 39.6. The molecule has 0 nitrogen and oxygen atoms in total. The van der Waals surface area contributed by atoms with Gasteiger partial charge in [-0.2, -0.15) is 0 Å². The van der Waals surface area contributed by atoms with Crippen LogP contribution in [0.25, 0.3) is 0 Å². The molecule has 0 saturated carbocycles. The minimum Gasteiger partial charge on any atom is -0.147 e. The van der Waals surface area contributed by atoms with Gasteiger partial charge in [0.15, 0.2) is 0 Å². The number of benzene rings is 4. The Kier molecular flexibility index (Phi) is 18.4. The molecule has 0 bridgehead atoms. The summed E-state index contributed by atoms with van der Waals surface area (Å²) >= 11 is -5.42. The van der Waals surface area contributed by atoms with Crippen LogP contribution in [0.4, 0.5) is 0 Å². The van der Waals surface area contributed by atoms with E-state index in [1.807, 2.05) is 0 Å². The molecule has 0 amide bonds. The summed E-state index contributed by atoms with van der Waals surface area (Å²) in [7, 11) is 0. The third kappa shape index (κ3) is 12.4. The zero-order valence-electron chi connectivity index (χ0n) is 41.8. The van der Waals surface area contributed by atoms with Crippen molar-refractivity contribution in [3.63, 3.8) is 0 Å². The Morgan fingerprint density at radius 2 is 0.485 bits per heavy atom. The monoisotopic (exact) mass is 1250 g/mol. The zero-order valence-corrected chi connectivity index (χ0v) is 50.6. The summed E-state index contributed by atoms with van der Waals surface area (Å²) < 4.78 is 10.4. The second kappa shape index (κ2) is 22.5. The Labute approximate surface area is 427 Å². The molecular weight excluding hydrogens is 1170 g/mol. The standard InChI is InChI=1S/2C13H10.4C9H13.2ClH.2Hf/c2*1-3-7-12(8-4-1)11-13-9-5-2-6-10-13;4*1-9(2,3)8-6-4-5-7-8;;;;/h2*1-10H;4*4,6H,5H2,1-3H3;2*1H;;. The van der Waals surface area contributed by atoms with Crippen LogP contribution >= 0.6 is 24.8 Å². The minimum atomic E-state index is -2.71. The summed E-state index contributed by atoms with van der Waals surface area (Å²) in [4.78, 5) is 0. The van der Waals surface area contributed by atoms with Crippen LogP contribution < -0.4 is 0 Å². The van der Waals surface area contributed by atoms with E-state index in [2.05, 4.69) is 253 Å². The Morgan fingerprint density at radius 1 is 0.303 bits per heavy atom. The van der Waals surface area contributed by atoms with Crippen LogP contribution in [0.5, 0.6) is 0 Å². The molecule has 0 aromatic heterocycles. The summed E-state index contributed by atoms with van der Waals surface area (Å²) in [6.45, 7) is 28.6. The minimum absolute atomic E-state index is 0. The smallest absolute Gasteiger partial charge is 0.147 e. The first-order valence-electron chi connectivity index (χ1n) is 23.7. The molecule has 0 saturated heterocycles. The molecule has 0 atom stereocenters. The van der Waals surface area contributed by atoms with E-state index in [9.17, 15) is 0 Å². The predicted molar refractivity (Wildman–Crippen MR) is 288 cm³/mol. The summed E-state index contributed by atoms with van der Waals surface area (Å²) in [5, 5.41) is 0. The van der Waals surface area contributed by atoms with E-state index in [1.54, 1.807) is 42.1 Å². The van der Waals surface area contributed by atoms with Crippen molar-refractivity contribution in [2.75, 3.05) is 0 Å². The Bertz CT molecular complexity index is 2300. The second-order valence-electron chi connectivity index (χ2n) is 22.0. The van der Waals surface area contributed by atoms with Crippen LogP contribution in [0.2, 0.25) is 0 Å². The van der Waals surface area contributed by atoms with Gasteiger partial charge < -0.3 is 0 Å². The van der Waals surface area contributed by atoms with Gasteiger partial charge in [-0.1, -0.05) is 0 Å². The van der Waals surface area contributed by atoms with Crippen molar-refractivity contribution in [1.82, 2.24) is 0 Å². The Morgan fingerprint density at radius 3 is 0.652 bits per heavy atom. The molecule has 8 rings (SSSR count). The predicted octanol–water partition coefficient (Wildman–Crippen LogP) is 17.6. The van der Waals surface area contributed by atoms with Crippen LogP contribution in [0, 0.1) is 21.7 Å². The molecule has 0 aliphatic heterocycles. The average Bonchev–Trinajstić information content (AvgIpc) is 4.10.